The zero-order valence-electron chi connectivity index (χ0n) is 17.4. The van der Waals surface area contributed by atoms with Crippen LogP contribution >= 0.6 is 11.6 Å². The molecule has 7 heteroatoms. The first-order valence-electron chi connectivity index (χ1n) is 9.73. The van der Waals surface area contributed by atoms with Crippen LogP contribution in [0.5, 0.6) is 11.5 Å². The lowest BCUT2D eigenvalue weighted by Gasteiger charge is -2.48. The lowest BCUT2D eigenvalue weighted by molar-refractivity contribution is 0.0413. The Morgan fingerprint density at radius 2 is 1.93 bits per heavy atom. The molecule has 2 aromatic rings. The summed E-state index contributed by atoms with van der Waals surface area (Å²) < 4.78 is 20.7. The van der Waals surface area contributed by atoms with Gasteiger partial charge < -0.3 is 15.4 Å². The van der Waals surface area contributed by atoms with Crippen molar-refractivity contribution in [2.24, 2.45) is 0 Å². The second kappa shape index (κ2) is 8.25. The fourth-order valence-corrected chi connectivity index (χ4v) is 4.23. The molecule has 5 nitrogen and oxygen atoms in total. The van der Waals surface area contributed by atoms with Gasteiger partial charge in [-0.1, -0.05) is 23.7 Å². The summed E-state index contributed by atoms with van der Waals surface area (Å²) in [4.78, 5) is 12.8. The number of para-hydroxylation sites is 1. The summed E-state index contributed by atoms with van der Waals surface area (Å²) in [6, 6.07) is 12.8. The van der Waals surface area contributed by atoms with Gasteiger partial charge in [0, 0.05) is 16.6 Å². The van der Waals surface area contributed by atoms with Gasteiger partial charge in [0.05, 0.1) is 16.6 Å². The Hall–Kier alpha value is -2.62. The van der Waals surface area contributed by atoms with E-state index in [4.69, 9.17) is 16.3 Å². The molecule has 0 aromatic heterocycles. The van der Waals surface area contributed by atoms with Crippen LogP contribution in [0.2, 0.25) is 5.02 Å². The number of nitrogens with zero attached hydrogens (tertiary/aromatic N) is 1. The lowest BCUT2D eigenvalue weighted by atomic mass is 9.78. The normalized spacial score (nSPS) is 22.0. The summed E-state index contributed by atoms with van der Waals surface area (Å²) in [6.45, 7) is 7.56. The summed E-state index contributed by atoms with van der Waals surface area (Å²) in [5, 5.41) is 15.5. The molecule has 1 aliphatic rings. The molecule has 0 radical (unpaired) electrons. The minimum absolute atomic E-state index is 0.221. The quantitative estimate of drug-likeness (QED) is 0.717. The van der Waals surface area contributed by atoms with E-state index in [2.05, 4.69) is 16.7 Å². The summed E-state index contributed by atoms with van der Waals surface area (Å²) in [5.74, 6) is 0.295. The van der Waals surface area contributed by atoms with Gasteiger partial charge in [-0.25, -0.2) is 4.39 Å². The largest absolute Gasteiger partial charge is 0.454 e. The number of carbonyl (C=O) groups is 1. The van der Waals surface area contributed by atoms with Crippen molar-refractivity contribution in [2.75, 3.05) is 0 Å². The van der Waals surface area contributed by atoms with E-state index >= 15 is 0 Å². The molecule has 1 aliphatic heterocycles. The third-order valence-corrected chi connectivity index (χ3v) is 5.47. The van der Waals surface area contributed by atoms with Crippen LogP contribution in [0.15, 0.2) is 42.5 Å². The van der Waals surface area contributed by atoms with Crippen molar-refractivity contribution < 1.29 is 13.9 Å². The molecule has 0 bridgehead atoms. The number of nitriles is 1. The van der Waals surface area contributed by atoms with Crippen LogP contribution in [0, 0.1) is 11.3 Å². The molecule has 30 heavy (non-hydrogen) atoms. The fraction of sp³-hybridized carbons (Fsp3) is 0.391. The molecule has 0 aliphatic carbocycles. The van der Waals surface area contributed by atoms with Crippen LogP contribution in [-0.2, 0) is 0 Å². The van der Waals surface area contributed by atoms with Crippen LogP contribution in [0.1, 0.15) is 50.0 Å². The minimum atomic E-state index is -1.24. The van der Waals surface area contributed by atoms with Gasteiger partial charge in [-0.2, -0.15) is 5.26 Å². The first-order valence-corrected chi connectivity index (χ1v) is 10.1. The number of amides is 1. The first kappa shape index (κ1) is 22.1. The van der Waals surface area contributed by atoms with Crippen molar-refractivity contribution in [1.29, 1.82) is 5.26 Å². The van der Waals surface area contributed by atoms with E-state index in [9.17, 15) is 14.4 Å². The molecule has 0 saturated carbocycles. The maximum Gasteiger partial charge on any atom is 0.251 e. The number of halogens is 2. The van der Waals surface area contributed by atoms with Crippen LogP contribution in [0.4, 0.5) is 4.39 Å². The molecule has 2 unspecified atom stereocenters. The van der Waals surface area contributed by atoms with Crippen molar-refractivity contribution in [3.05, 3.63) is 58.6 Å². The highest BCUT2D eigenvalue weighted by atomic mass is 35.5. The molecule has 2 atom stereocenters. The standard InChI is InChI=1S/C23H25ClFN3O2/c1-22(2)12-17(20(25)23(3,4)28-22)27-21(29)14-9-10-19(16(24)11-14)30-18-8-6-5-7-15(18)13-26/h5-11,17,20,28H,12H2,1-4H3,(H,27,29). The SMILES string of the molecule is CC1(C)CC(NC(=O)c2ccc(Oc3ccccc3C#N)c(Cl)c2)C(F)C(C)(C)N1. The van der Waals surface area contributed by atoms with Gasteiger partial charge in [0.2, 0.25) is 0 Å². The number of hydrogen-bond acceptors (Lipinski definition) is 4. The van der Waals surface area contributed by atoms with Gasteiger partial charge in [-0.3, -0.25) is 4.79 Å². The second-order valence-corrected chi connectivity index (χ2v) is 9.18. The highest BCUT2D eigenvalue weighted by molar-refractivity contribution is 6.32. The van der Waals surface area contributed by atoms with Crippen LogP contribution < -0.4 is 15.4 Å². The number of carbonyl (C=O) groups excluding carboxylic acids is 1. The van der Waals surface area contributed by atoms with Gasteiger partial charge in [0.15, 0.2) is 0 Å². The van der Waals surface area contributed by atoms with E-state index in [1.54, 1.807) is 50.2 Å². The third kappa shape index (κ3) is 4.75. The van der Waals surface area contributed by atoms with E-state index in [0.29, 0.717) is 29.0 Å². The summed E-state index contributed by atoms with van der Waals surface area (Å²) in [7, 11) is 0. The zero-order valence-corrected chi connectivity index (χ0v) is 18.2. The van der Waals surface area contributed by atoms with Gasteiger partial charge in [-0.15, -0.1) is 0 Å². The van der Waals surface area contributed by atoms with Gasteiger partial charge >= 0.3 is 0 Å². The van der Waals surface area contributed by atoms with Crippen LogP contribution in [0.25, 0.3) is 0 Å². The number of benzene rings is 2. The number of hydrogen-bond donors (Lipinski definition) is 2. The van der Waals surface area contributed by atoms with Crippen molar-refractivity contribution >= 4 is 17.5 Å². The second-order valence-electron chi connectivity index (χ2n) is 8.77. The van der Waals surface area contributed by atoms with E-state index in [1.807, 2.05) is 13.8 Å². The average molecular weight is 430 g/mol. The van der Waals surface area contributed by atoms with Crippen LogP contribution in [0.3, 0.4) is 0 Å². The number of ether oxygens (including phenoxy) is 1. The predicted octanol–water partition coefficient (Wildman–Crippen LogP) is 4.99. The van der Waals surface area contributed by atoms with E-state index in [1.165, 1.54) is 6.07 Å². The summed E-state index contributed by atoms with van der Waals surface area (Å²) in [5.41, 5.74) is -0.390. The van der Waals surface area contributed by atoms with Crippen molar-refractivity contribution in [3.8, 4) is 17.6 Å². The molecule has 3 rings (SSSR count). The Bertz CT molecular complexity index is 1000. The molecule has 1 fully saturated rings. The predicted molar refractivity (Wildman–Crippen MR) is 115 cm³/mol. The molecule has 1 saturated heterocycles. The topological polar surface area (TPSA) is 74.1 Å². The minimum Gasteiger partial charge on any atom is -0.454 e. The Morgan fingerprint density at radius 3 is 2.60 bits per heavy atom. The monoisotopic (exact) mass is 429 g/mol. The highest BCUT2D eigenvalue weighted by Crippen LogP contribution is 2.33. The smallest absolute Gasteiger partial charge is 0.251 e. The Morgan fingerprint density at radius 1 is 1.23 bits per heavy atom. The van der Waals surface area contributed by atoms with Crippen molar-refractivity contribution in [2.45, 2.75) is 57.4 Å². The van der Waals surface area contributed by atoms with Gasteiger partial charge in [-0.05, 0) is 64.4 Å². The Kier molecular flexibility index (Phi) is 6.07. The number of alkyl halides is 1. The maximum atomic E-state index is 15.0. The Balaban J connectivity index is 1.76. The van der Waals surface area contributed by atoms with Gasteiger partial charge in [0.25, 0.3) is 5.91 Å². The lowest BCUT2D eigenvalue weighted by Crippen LogP contribution is -2.68. The number of piperidine rings is 1. The molecule has 0 spiro atoms. The molecular weight excluding hydrogens is 405 g/mol. The van der Waals surface area contributed by atoms with E-state index in [-0.39, 0.29) is 10.6 Å². The molecule has 158 valence electrons. The summed E-state index contributed by atoms with van der Waals surface area (Å²) >= 11 is 6.31. The van der Waals surface area contributed by atoms with E-state index in [0.717, 1.165) is 0 Å². The van der Waals surface area contributed by atoms with Crippen LogP contribution in [-0.4, -0.2) is 29.2 Å². The zero-order chi connectivity index (χ0) is 22.1. The van der Waals surface area contributed by atoms with Gasteiger partial charge in [0.1, 0.15) is 23.7 Å². The third-order valence-electron chi connectivity index (χ3n) is 5.17. The Labute approximate surface area is 181 Å². The van der Waals surface area contributed by atoms with Crippen molar-refractivity contribution in [3.63, 3.8) is 0 Å². The highest BCUT2D eigenvalue weighted by Gasteiger charge is 2.46. The molecular formula is C23H25ClFN3O2. The molecule has 1 heterocycles. The molecule has 2 N–H and O–H groups in total. The first-order chi connectivity index (χ1) is 14.0. The average Bonchev–Trinajstić information content (AvgIpc) is 2.66. The number of nitrogens with one attached hydrogen (secondary N) is 2. The molecule has 2 aromatic carbocycles. The van der Waals surface area contributed by atoms with E-state index < -0.39 is 23.7 Å². The summed E-state index contributed by atoms with van der Waals surface area (Å²) in [6.07, 6.45) is -0.779. The molecule has 1 amide bonds. The van der Waals surface area contributed by atoms with Crippen molar-refractivity contribution in [1.82, 2.24) is 10.6 Å². The fourth-order valence-electron chi connectivity index (χ4n) is 4.02. The number of rotatable bonds is 4. The maximum absolute atomic E-state index is 15.0.